The first-order valence-corrected chi connectivity index (χ1v) is 9.56. The average molecular weight is 380 g/mol. The zero-order valence-corrected chi connectivity index (χ0v) is 17.2. The molecule has 0 spiro atoms. The van der Waals surface area contributed by atoms with Gasteiger partial charge in [-0.2, -0.15) is 10.2 Å². The molecule has 2 aromatic heterocycles. The number of rotatable bonds is 6. The van der Waals surface area contributed by atoms with E-state index in [0.717, 1.165) is 40.4 Å². The van der Waals surface area contributed by atoms with Crippen molar-refractivity contribution in [3.8, 4) is 11.3 Å². The van der Waals surface area contributed by atoms with Crippen molar-refractivity contribution >= 4 is 6.03 Å². The lowest BCUT2D eigenvalue weighted by Crippen LogP contribution is -2.38. The minimum Gasteiger partial charge on any atom is -0.334 e. The van der Waals surface area contributed by atoms with Crippen molar-refractivity contribution in [2.45, 2.75) is 46.8 Å². The molecular weight excluding hydrogens is 352 g/mol. The van der Waals surface area contributed by atoms with Crippen LogP contribution in [0.3, 0.4) is 0 Å². The Hall–Kier alpha value is -3.09. The van der Waals surface area contributed by atoms with Gasteiger partial charge in [0.2, 0.25) is 0 Å². The van der Waals surface area contributed by atoms with Gasteiger partial charge in [0.25, 0.3) is 0 Å². The maximum Gasteiger partial charge on any atom is 0.317 e. The monoisotopic (exact) mass is 380 g/mol. The van der Waals surface area contributed by atoms with Crippen molar-refractivity contribution in [1.29, 1.82) is 0 Å². The summed E-state index contributed by atoms with van der Waals surface area (Å²) in [6.45, 7) is 9.33. The van der Waals surface area contributed by atoms with Crippen LogP contribution in [0.15, 0.2) is 36.4 Å². The number of nitrogens with one attached hydrogen (secondary N) is 2. The number of nitrogens with zero attached hydrogens (tertiary/aromatic N) is 4. The van der Waals surface area contributed by atoms with E-state index >= 15 is 0 Å². The predicted octanol–water partition coefficient (Wildman–Crippen LogP) is 3.81. The van der Waals surface area contributed by atoms with Crippen LogP contribution in [0.1, 0.15) is 42.5 Å². The summed E-state index contributed by atoms with van der Waals surface area (Å²) in [5, 5.41) is 15.0. The second kappa shape index (κ2) is 8.29. The molecule has 7 nitrogen and oxygen atoms in total. The third-order valence-electron chi connectivity index (χ3n) is 5.27. The van der Waals surface area contributed by atoms with Crippen LogP contribution in [-0.4, -0.2) is 38.0 Å². The number of hydrogen-bond acceptors (Lipinski definition) is 3. The number of H-pyrrole nitrogens is 1. The summed E-state index contributed by atoms with van der Waals surface area (Å²) < 4.78 is 1.96. The zero-order chi connectivity index (χ0) is 20.3. The van der Waals surface area contributed by atoms with Gasteiger partial charge in [-0.25, -0.2) is 4.79 Å². The van der Waals surface area contributed by atoms with Gasteiger partial charge in [-0.15, -0.1) is 0 Å². The summed E-state index contributed by atoms with van der Waals surface area (Å²) in [4.78, 5) is 14.3. The number of aromatic amines is 1. The fourth-order valence-electron chi connectivity index (χ4n) is 3.28. The molecule has 2 N–H and O–H groups in total. The molecule has 0 saturated heterocycles. The topological polar surface area (TPSA) is 78.8 Å². The number of carbonyl (C=O) groups excluding carboxylic acids is 1. The second-order valence-corrected chi connectivity index (χ2v) is 6.99. The van der Waals surface area contributed by atoms with Crippen LogP contribution in [-0.2, 0) is 13.1 Å². The molecule has 1 atom stereocenters. The highest BCUT2D eigenvalue weighted by atomic mass is 16.2. The predicted molar refractivity (Wildman–Crippen MR) is 110 cm³/mol. The molecule has 28 heavy (non-hydrogen) atoms. The highest BCUT2D eigenvalue weighted by Gasteiger charge is 2.20. The molecule has 0 aliphatic rings. The van der Waals surface area contributed by atoms with Crippen molar-refractivity contribution < 1.29 is 4.79 Å². The van der Waals surface area contributed by atoms with Gasteiger partial charge in [0.1, 0.15) is 0 Å². The fraction of sp³-hybridized carbons (Fsp3) is 0.381. The van der Waals surface area contributed by atoms with Crippen LogP contribution in [0, 0.1) is 13.8 Å². The van der Waals surface area contributed by atoms with Crippen LogP contribution in [0.25, 0.3) is 11.3 Å². The highest BCUT2D eigenvalue weighted by molar-refractivity contribution is 5.74. The molecule has 0 aliphatic carbocycles. The Bertz CT molecular complexity index is 943. The Kier molecular flexibility index (Phi) is 5.82. The number of carbonyl (C=O) groups is 1. The van der Waals surface area contributed by atoms with Gasteiger partial charge in [0.05, 0.1) is 23.1 Å². The van der Waals surface area contributed by atoms with Crippen LogP contribution in [0.5, 0.6) is 0 Å². The van der Waals surface area contributed by atoms with Crippen LogP contribution >= 0.6 is 0 Å². The SMILES string of the molecule is CCn1nc(C)c(CNC(=O)N(C)[C@H](C)c2cc(-c3ccccc3)n[nH]2)c1C. The minimum absolute atomic E-state index is 0.133. The van der Waals surface area contributed by atoms with Gasteiger partial charge in [0.15, 0.2) is 0 Å². The van der Waals surface area contributed by atoms with Crippen LogP contribution in [0.2, 0.25) is 0 Å². The van der Waals surface area contributed by atoms with E-state index in [-0.39, 0.29) is 12.1 Å². The van der Waals surface area contributed by atoms with E-state index in [1.54, 1.807) is 11.9 Å². The third kappa shape index (κ3) is 3.93. The van der Waals surface area contributed by atoms with E-state index in [2.05, 4.69) is 27.5 Å². The van der Waals surface area contributed by atoms with Gasteiger partial charge >= 0.3 is 6.03 Å². The molecule has 148 valence electrons. The van der Waals surface area contributed by atoms with E-state index in [1.165, 1.54) is 0 Å². The van der Waals surface area contributed by atoms with Gasteiger partial charge in [-0.05, 0) is 33.8 Å². The fourth-order valence-corrected chi connectivity index (χ4v) is 3.28. The quantitative estimate of drug-likeness (QED) is 0.682. The number of amides is 2. The largest absolute Gasteiger partial charge is 0.334 e. The molecule has 3 rings (SSSR count). The third-order valence-corrected chi connectivity index (χ3v) is 5.27. The Balaban J connectivity index is 1.65. The standard InChI is InChI=1S/C21H28N6O/c1-6-27-15(3)18(14(2)25-27)13-22-21(28)26(5)16(4)19-12-20(24-23-19)17-10-8-7-9-11-17/h7-12,16H,6,13H2,1-5H3,(H,22,28)(H,23,24)/t16-/m1/s1. The van der Waals surface area contributed by atoms with Gasteiger partial charge in [0, 0.05) is 37.0 Å². The Morgan fingerprint density at radius 3 is 2.64 bits per heavy atom. The Labute approximate surface area is 165 Å². The summed E-state index contributed by atoms with van der Waals surface area (Å²) in [5.74, 6) is 0. The van der Waals surface area contributed by atoms with Crippen molar-refractivity contribution in [3.05, 3.63) is 59.0 Å². The Morgan fingerprint density at radius 1 is 1.29 bits per heavy atom. The molecule has 3 aromatic rings. The van der Waals surface area contributed by atoms with E-state index in [1.807, 2.05) is 61.9 Å². The number of aryl methyl sites for hydroxylation is 2. The zero-order valence-electron chi connectivity index (χ0n) is 17.2. The first-order chi connectivity index (χ1) is 13.4. The molecule has 0 saturated carbocycles. The van der Waals surface area contributed by atoms with Gasteiger partial charge < -0.3 is 10.2 Å². The molecular formula is C21H28N6O. The van der Waals surface area contributed by atoms with Crippen molar-refractivity contribution in [2.75, 3.05) is 7.05 Å². The Morgan fingerprint density at radius 2 is 2.00 bits per heavy atom. The normalized spacial score (nSPS) is 12.0. The lowest BCUT2D eigenvalue weighted by atomic mass is 10.1. The van der Waals surface area contributed by atoms with Crippen molar-refractivity contribution in [3.63, 3.8) is 0 Å². The van der Waals surface area contributed by atoms with Gasteiger partial charge in [-0.1, -0.05) is 30.3 Å². The molecule has 0 radical (unpaired) electrons. The highest BCUT2D eigenvalue weighted by Crippen LogP contribution is 2.23. The van der Waals surface area contributed by atoms with Crippen molar-refractivity contribution in [2.24, 2.45) is 0 Å². The lowest BCUT2D eigenvalue weighted by molar-refractivity contribution is 0.193. The molecule has 0 bridgehead atoms. The van der Waals surface area contributed by atoms with Crippen molar-refractivity contribution in [1.82, 2.24) is 30.2 Å². The minimum atomic E-state index is -0.134. The summed E-state index contributed by atoms with van der Waals surface area (Å²) in [7, 11) is 1.79. The van der Waals surface area contributed by atoms with E-state index in [0.29, 0.717) is 6.54 Å². The first kappa shape index (κ1) is 19.7. The molecule has 0 unspecified atom stereocenters. The summed E-state index contributed by atoms with van der Waals surface area (Å²) in [6.07, 6.45) is 0. The van der Waals surface area contributed by atoms with Gasteiger partial charge in [-0.3, -0.25) is 9.78 Å². The molecule has 1 aromatic carbocycles. The van der Waals surface area contributed by atoms with E-state index in [9.17, 15) is 4.79 Å². The number of hydrogen-bond donors (Lipinski definition) is 2. The van der Waals surface area contributed by atoms with Crippen LogP contribution in [0.4, 0.5) is 4.79 Å². The van der Waals surface area contributed by atoms with Crippen LogP contribution < -0.4 is 5.32 Å². The molecule has 0 aliphatic heterocycles. The average Bonchev–Trinajstić information content (AvgIpc) is 3.31. The maximum atomic E-state index is 12.7. The lowest BCUT2D eigenvalue weighted by Gasteiger charge is -2.24. The number of aromatic nitrogens is 4. The summed E-state index contributed by atoms with van der Waals surface area (Å²) >= 11 is 0. The number of urea groups is 1. The smallest absolute Gasteiger partial charge is 0.317 e. The first-order valence-electron chi connectivity index (χ1n) is 9.56. The van der Waals surface area contributed by atoms with E-state index in [4.69, 9.17) is 0 Å². The number of benzene rings is 1. The second-order valence-electron chi connectivity index (χ2n) is 6.99. The molecule has 2 heterocycles. The van der Waals surface area contributed by atoms with E-state index < -0.39 is 0 Å². The maximum absolute atomic E-state index is 12.7. The molecule has 0 fully saturated rings. The summed E-state index contributed by atoms with van der Waals surface area (Å²) in [5.41, 5.74) is 5.93. The molecule has 2 amide bonds. The summed E-state index contributed by atoms with van der Waals surface area (Å²) in [6, 6.07) is 11.7. The molecule has 7 heteroatoms.